The van der Waals surface area contributed by atoms with Gasteiger partial charge in [-0.05, 0) is 30.0 Å². The number of nitrogens with one attached hydrogen (secondary N) is 2. The van der Waals surface area contributed by atoms with E-state index in [1.54, 1.807) is 6.07 Å². The van der Waals surface area contributed by atoms with Crippen LogP contribution in [0.5, 0.6) is 0 Å². The van der Waals surface area contributed by atoms with Crippen LogP contribution >= 0.6 is 0 Å². The van der Waals surface area contributed by atoms with Crippen molar-refractivity contribution in [1.29, 1.82) is 0 Å². The summed E-state index contributed by atoms with van der Waals surface area (Å²) in [4.78, 5) is 23.4. The largest absolute Gasteiger partial charge is 0.394 e. The van der Waals surface area contributed by atoms with Gasteiger partial charge in [0, 0.05) is 0 Å². The molecular formula is C16H23FN2O3. The van der Waals surface area contributed by atoms with Crippen molar-refractivity contribution in [2.75, 3.05) is 13.2 Å². The van der Waals surface area contributed by atoms with E-state index in [0.29, 0.717) is 17.9 Å². The fourth-order valence-corrected chi connectivity index (χ4v) is 2.10. The first-order valence-corrected chi connectivity index (χ1v) is 7.32. The van der Waals surface area contributed by atoms with E-state index in [1.807, 2.05) is 13.8 Å². The van der Waals surface area contributed by atoms with Crippen molar-refractivity contribution in [2.45, 2.75) is 32.7 Å². The van der Waals surface area contributed by atoms with Gasteiger partial charge in [-0.2, -0.15) is 0 Å². The van der Waals surface area contributed by atoms with E-state index >= 15 is 0 Å². The SMILES string of the molecule is CC(C)CC(CO)NC(=O)CNC(=O)Cc1cccc(F)c1. The summed E-state index contributed by atoms with van der Waals surface area (Å²) in [7, 11) is 0. The van der Waals surface area contributed by atoms with Crippen LogP contribution in [0.2, 0.25) is 0 Å². The van der Waals surface area contributed by atoms with E-state index in [-0.39, 0.29) is 37.4 Å². The van der Waals surface area contributed by atoms with Gasteiger partial charge >= 0.3 is 0 Å². The minimum atomic E-state index is -0.400. The van der Waals surface area contributed by atoms with E-state index < -0.39 is 5.82 Å². The van der Waals surface area contributed by atoms with E-state index in [0.717, 1.165) is 0 Å². The van der Waals surface area contributed by atoms with Crippen LogP contribution in [-0.2, 0) is 16.0 Å². The number of carbonyl (C=O) groups excluding carboxylic acids is 2. The van der Waals surface area contributed by atoms with Crippen LogP contribution in [0.25, 0.3) is 0 Å². The molecule has 0 bridgehead atoms. The Hall–Kier alpha value is -1.95. The van der Waals surface area contributed by atoms with Crippen LogP contribution in [0.4, 0.5) is 4.39 Å². The zero-order valence-corrected chi connectivity index (χ0v) is 12.9. The van der Waals surface area contributed by atoms with Crippen LogP contribution in [0, 0.1) is 11.7 Å². The molecule has 0 spiro atoms. The molecule has 3 N–H and O–H groups in total. The van der Waals surface area contributed by atoms with E-state index in [4.69, 9.17) is 0 Å². The minimum Gasteiger partial charge on any atom is -0.394 e. The van der Waals surface area contributed by atoms with Crippen molar-refractivity contribution >= 4 is 11.8 Å². The quantitative estimate of drug-likeness (QED) is 0.670. The van der Waals surface area contributed by atoms with Crippen molar-refractivity contribution in [1.82, 2.24) is 10.6 Å². The van der Waals surface area contributed by atoms with E-state index in [9.17, 15) is 19.1 Å². The van der Waals surface area contributed by atoms with E-state index in [2.05, 4.69) is 10.6 Å². The van der Waals surface area contributed by atoms with Crippen LogP contribution in [0.1, 0.15) is 25.8 Å². The third kappa shape index (κ3) is 7.17. The summed E-state index contributed by atoms with van der Waals surface area (Å²) in [5.41, 5.74) is 0.547. The molecule has 0 heterocycles. The third-order valence-electron chi connectivity index (χ3n) is 3.04. The van der Waals surface area contributed by atoms with Gasteiger partial charge in [-0.15, -0.1) is 0 Å². The van der Waals surface area contributed by atoms with Crippen molar-refractivity contribution in [3.63, 3.8) is 0 Å². The average Bonchev–Trinajstić information content (AvgIpc) is 2.44. The highest BCUT2D eigenvalue weighted by atomic mass is 19.1. The first kappa shape index (κ1) is 18.1. The van der Waals surface area contributed by atoms with Gasteiger partial charge < -0.3 is 15.7 Å². The standard InChI is InChI=1S/C16H23FN2O3/c1-11(2)6-14(10-20)19-16(22)9-18-15(21)8-12-4-3-5-13(17)7-12/h3-5,7,11,14,20H,6,8-10H2,1-2H3,(H,18,21)(H,19,22). The number of amides is 2. The van der Waals surface area contributed by atoms with Crippen LogP contribution in [0.3, 0.4) is 0 Å². The lowest BCUT2D eigenvalue weighted by Crippen LogP contribution is -2.44. The summed E-state index contributed by atoms with van der Waals surface area (Å²) in [5, 5.41) is 14.3. The molecule has 6 heteroatoms. The predicted octanol–water partition coefficient (Wildman–Crippen LogP) is 1.01. The number of carbonyl (C=O) groups is 2. The fourth-order valence-electron chi connectivity index (χ4n) is 2.10. The molecule has 0 aromatic heterocycles. The monoisotopic (exact) mass is 310 g/mol. The maximum atomic E-state index is 13.0. The normalized spacial score (nSPS) is 12.0. The van der Waals surface area contributed by atoms with Gasteiger partial charge in [0.15, 0.2) is 0 Å². The lowest BCUT2D eigenvalue weighted by molar-refractivity contribution is -0.126. The Morgan fingerprint density at radius 2 is 2.00 bits per heavy atom. The summed E-state index contributed by atoms with van der Waals surface area (Å²) in [6, 6.07) is 5.45. The van der Waals surface area contributed by atoms with Crippen LogP contribution in [0.15, 0.2) is 24.3 Å². The van der Waals surface area contributed by atoms with Crippen LogP contribution in [-0.4, -0.2) is 36.1 Å². The third-order valence-corrected chi connectivity index (χ3v) is 3.04. The van der Waals surface area contributed by atoms with Gasteiger partial charge in [0.25, 0.3) is 0 Å². The zero-order chi connectivity index (χ0) is 16.5. The number of rotatable bonds is 8. The number of aliphatic hydroxyl groups is 1. The van der Waals surface area contributed by atoms with Gasteiger partial charge in [-0.1, -0.05) is 26.0 Å². The molecule has 1 aromatic rings. The molecule has 0 saturated carbocycles. The van der Waals surface area contributed by atoms with Gasteiger partial charge in [0.05, 0.1) is 25.6 Å². The van der Waals surface area contributed by atoms with Crippen molar-refractivity contribution in [3.8, 4) is 0 Å². The van der Waals surface area contributed by atoms with Gasteiger partial charge in [-0.25, -0.2) is 4.39 Å². The highest BCUT2D eigenvalue weighted by Gasteiger charge is 2.13. The molecule has 0 aliphatic rings. The molecule has 0 saturated heterocycles. The maximum Gasteiger partial charge on any atom is 0.239 e. The lowest BCUT2D eigenvalue weighted by Gasteiger charge is -2.18. The Kier molecular flexibility index (Phi) is 7.52. The molecule has 122 valence electrons. The molecule has 5 nitrogen and oxygen atoms in total. The molecule has 1 aromatic carbocycles. The van der Waals surface area contributed by atoms with E-state index in [1.165, 1.54) is 18.2 Å². The van der Waals surface area contributed by atoms with Crippen LogP contribution < -0.4 is 10.6 Å². The summed E-state index contributed by atoms with van der Waals surface area (Å²) in [5.74, 6) is -0.764. The summed E-state index contributed by atoms with van der Waals surface area (Å²) >= 11 is 0. The fraction of sp³-hybridized carbons (Fsp3) is 0.500. The molecule has 0 fully saturated rings. The number of halogens is 1. The molecular weight excluding hydrogens is 287 g/mol. The molecule has 1 rings (SSSR count). The predicted molar refractivity (Wildman–Crippen MR) is 81.6 cm³/mol. The Morgan fingerprint density at radius 3 is 2.59 bits per heavy atom. The topological polar surface area (TPSA) is 78.4 Å². The average molecular weight is 310 g/mol. The second kappa shape index (κ2) is 9.15. The molecule has 1 unspecified atom stereocenters. The molecule has 2 amide bonds. The lowest BCUT2D eigenvalue weighted by atomic mass is 10.0. The molecule has 0 radical (unpaired) electrons. The Bertz CT molecular complexity index is 506. The summed E-state index contributed by atoms with van der Waals surface area (Å²) in [6.45, 7) is 3.69. The molecule has 22 heavy (non-hydrogen) atoms. The second-order valence-electron chi connectivity index (χ2n) is 5.66. The number of hydrogen-bond donors (Lipinski definition) is 3. The van der Waals surface area contributed by atoms with Gasteiger partial charge in [-0.3, -0.25) is 9.59 Å². The van der Waals surface area contributed by atoms with Crippen molar-refractivity contribution in [2.24, 2.45) is 5.92 Å². The van der Waals surface area contributed by atoms with Crippen molar-refractivity contribution in [3.05, 3.63) is 35.6 Å². The summed E-state index contributed by atoms with van der Waals surface area (Å²) in [6.07, 6.45) is 0.680. The number of benzene rings is 1. The highest BCUT2D eigenvalue weighted by molar-refractivity contribution is 5.85. The smallest absolute Gasteiger partial charge is 0.239 e. The number of aliphatic hydroxyl groups excluding tert-OH is 1. The first-order valence-electron chi connectivity index (χ1n) is 7.32. The zero-order valence-electron chi connectivity index (χ0n) is 12.9. The highest BCUT2D eigenvalue weighted by Crippen LogP contribution is 2.05. The molecule has 0 aliphatic carbocycles. The molecule has 0 aliphatic heterocycles. The Morgan fingerprint density at radius 1 is 1.27 bits per heavy atom. The summed E-state index contributed by atoms with van der Waals surface area (Å²) < 4.78 is 13.0. The number of hydrogen-bond acceptors (Lipinski definition) is 3. The Balaban J connectivity index is 2.35. The Labute approximate surface area is 129 Å². The van der Waals surface area contributed by atoms with Gasteiger partial charge in [0.1, 0.15) is 5.82 Å². The first-order chi connectivity index (χ1) is 10.4. The second-order valence-corrected chi connectivity index (χ2v) is 5.66. The minimum absolute atomic E-state index is 0.0143. The maximum absolute atomic E-state index is 13.0. The van der Waals surface area contributed by atoms with Crippen molar-refractivity contribution < 1.29 is 19.1 Å². The van der Waals surface area contributed by atoms with Gasteiger partial charge in [0.2, 0.25) is 11.8 Å². The molecule has 1 atom stereocenters.